The molecule has 1 aromatic heterocycles. The average Bonchev–Trinajstić information content (AvgIpc) is 3.17. The number of benzene rings is 2. The summed E-state index contributed by atoms with van der Waals surface area (Å²) in [6, 6.07) is 17.0. The molecule has 144 valence electrons. The molecule has 2 aromatic carbocycles. The molecule has 1 fully saturated rings. The van der Waals surface area contributed by atoms with Crippen LogP contribution in [0.3, 0.4) is 0 Å². The second-order valence-electron chi connectivity index (χ2n) is 7.11. The van der Waals surface area contributed by atoms with Crippen molar-refractivity contribution in [2.45, 2.75) is 18.8 Å². The minimum Gasteiger partial charge on any atom is -0.327 e. The summed E-state index contributed by atoms with van der Waals surface area (Å²) >= 11 is 1.75. The van der Waals surface area contributed by atoms with Gasteiger partial charge >= 0.3 is 0 Å². The number of para-hydroxylation sites is 1. The monoisotopic (exact) mass is 395 g/mol. The summed E-state index contributed by atoms with van der Waals surface area (Å²) in [6.45, 7) is 2.19. The number of amides is 2. The first-order valence-corrected chi connectivity index (χ1v) is 10.3. The second kappa shape index (κ2) is 8.50. The Morgan fingerprint density at radius 3 is 2.68 bits per heavy atom. The minimum absolute atomic E-state index is 0.177. The summed E-state index contributed by atoms with van der Waals surface area (Å²) in [5.74, 6) is -0.105. The number of aromatic nitrogens is 1. The smallest absolute Gasteiger partial charge is 0.293 e. The average molecular weight is 396 g/mol. The van der Waals surface area contributed by atoms with Crippen molar-refractivity contribution in [1.82, 2.24) is 15.8 Å². The molecule has 1 aliphatic rings. The van der Waals surface area contributed by atoms with E-state index in [1.807, 2.05) is 24.3 Å². The Balaban J connectivity index is 1.31. The van der Waals surface area contributed by atoms with Crippen LogP contribution in [0.1, 0.15) is 34.1 Å². The Morgan fingerprint density at radius 2 is 1.86 bits per heavy atom. The highest BCUT2D eigenvalue weighted by molar-refractivity contribution is 7.18. The zero-order chi connectivity index (χ0) is 19.3. The third kappa shape index (κ3) is 4.37. The quantitative estimate of drug-likeness (QED) is 0.587. The topological polar surface area (TPSA) is 75.5 Å². The lowest BCUT2D eigenvalue weighted by atomic mass is 9.99. The first kappa shape index (κ1) is 18.6. The molecule has 3 aromatic rings. The van der Waals surface area contributed by atoms with Gasteiger partial charge in [0.2, 0.25) is 0 Å². The number of hydrazine groups is 1. The molecule has 28 heavy (non-hydrogen) atoms. The number of carbonyl (C=O) groups is 2. The summed E-state index contributed by atoms with van der Waals surface area (Å²) < 4.78 is 1.21. The number of likely N-dealkylation sites (tertiary alicyclic amines) is 1. The van der Waals surface area contributed by atoms with Gasteiger partial charge in [-0.1, -0.05) is 30.3 Å². The fraction of sp³-hybridized carbons (Fsp3) is 0.286. The number of thiazole rings is 1. The molecule has 0 aliphatic carbocycles. The standard InChI is InChI=1S/C21H22N4O2S/c26-19(23-24-20(27)15-7-2-1-3-8-15)14-25-12-6-9-16(13-25)21-22-17-10-4-5-11-18(17)28-21/h1-5,7-8,10-11,16H,6,9,12-14H2,(H,23,26)(H,24,27)/p+1/t16-/m1/s1. The molecule has 2 amide bonds. The normalized spacial score (nSPS) is 19.3. The predicted molar refractivity (Wildman–Crippen MR) is 109 cm³/mol. The Morgan fingerprint density at radius 1 is 1.07 bits per heavy atom. The van der Waals surface area contributed by atoms with Crippen LogP contribution in [0, 0.1) is 0 Å². The molecule has 1 aliphatic heterocycles. The molecule has 4 rings (SSSR count). The van der Waals surface area contributed by atoms with Gasteiger partial charge in [0.15, 0.2) is 6.54 Å². The van der Waals surface area contributed by atoms with Gasteiger partial charge in [0.05, 0.1) is 29.2 Å². The number of fused-ring (bicyclic) bond motifs is 1. The number of carbonyl (C=O) groups excluding carboxylic acids is 2. The third-order valence-corrected chi connectivity index (χ3v) is 6.24. The highest BCUT2D eigenvalue weighted by Gasteiger charge is 2.28. The molecule has 1 unspecified atom stereocenters. The lowest BCUT2D eigenvalue weighted by Gasteiger charge is -2.28. The van der Waals surface area contributed by atoms with Crippen molar-refractivity contribution >= 4 is 33.4 Å². The zero-order valence-corrected chi connectivity index (χ0v) is 16.3. The fourth-order valence-electron chi connectivity index (χ4n) is 3.65. The fourth-order valence-corrected chi connectivity index (χ4v) is 4.75. The first-order valence-electron chi connectivity index (χ1n) is 9.52. The van der Waals surface area contributed by atoms with Gasteiger partial charge < -0.3 is 4.90 Å². The van der Waals surface area contributed by atoms with Crippen LogP contribution < -0.4 is 15.8 Å². The van der Waals surface area contributed by atoms with E-state index in [0.717, 1.165) is 36.5 Å². The molecule has 0 spiro atoms. The number of nitrogens with one attached hydrogen (secondary N) is 3. The van der Waals surface area contributed by atoms with Crippen molar-refractivity contribution in [3.05, 3.63) is 65.2 Å². The molecule has 0 radical (unpaired) electrons. The SMILES string of the molecule is O=C(C[NH+]1CCC[C@@H](c2nc3ccccc3s2)C1)NNC(=O)c1ccccc1. The van der Waals surface area contributed by atoms with Crippen molar-refractivity contribution in [3.8, 4) is 0 Å². The van der Waals surface area contributed by atoms with Gasteiger partial charge in [0, 0.05) is 5.56 Å². The summed E-state index contributed by atoms with van der Waals surface area (Å²) in [7, 11) is 0. The van der Waals surface area contributed by atoms with Crippen molar-refractivity contribution in [2.75, 3.05) is 19.6 Å². The van der Waals surface area contributed by atoms with Crippen LogP contribution >= 0.6 is 11.3 Å². The van der Waals surface area contributed by atoms with E-state index >= 15 is 0 Å². The van der Waals surface area contributed by atoms with E-state index < -0.39 is 0 Å². The van der Waals surface area contributed by atoms with E-state index in [4.69, 9.17) is 4.98 Å². The number of nitrogens with zero attached hydrogens (tertiary/aromatic N) is 1. The van der Waals surface area contributed by atoms with E-state index in [0.29, 0.717) is 18.0 Å². The van der Waals surface area contributed by atoms with Crippen molar-refractivity contribution in [2.24, 2.45) is 0 Å². The molecule has 6 nitrogen and oxygen atoms in total. The lowest BCUT2D eigenvalue weighted by molar-refractivity contribution is -0.898. The minimum atomic E-state index is -0.310. The molecule has 0 saturated carbocycles. The maximum absolute atomic E-state index is 12.3. The number of rotatable bonds is 4. The van der Waals surface area contributed by atoms with Gasteiger partial charge in [-0.15, -0.1) is 11.3 Å². The maximum Gasteiger partial charge on any atom is 0.293 e. The van der Waals surface area contributed by atoms with Crippen molar-refractivity contribution in [3.63, 3.8) is 0 Å². The van der Waals surface area contributed by atoms with Gasteiger partial charge in [-0.25, -0.2) is 4.98 Å². The zero-order valence-electron chi connectivity index (χ0n) is 15.5. The van der Waals surface area contributed by atoms with Gasteiger partial charge in [-0.2, -0.15) is 0 Å². The third-order valence-electron chi connectivity index (χ3n) is 5.04. The van der Waals surface area contributed by atoms with Crippen molar-refractivity contribution < 1.29 is 14.5 Å². The molecule has 1 saturated heterocycles. The Bertz CT molecular complexity index is 940. The van der Waals surface area contributed by atoms with Crippen LogP contribution in [0.5, 0.6) is 0 Å². The second-order valence-corrected chi connectivity index (χ2v) is 8.17. The van der Waals surface area contributed by atoms with Gasteiger partial charge in [0.25, 0.3) is 11.8 Å². The number of hydrogen-bond donors (Lipinski definition) is 3. The van der Waals surface area contributed by atoms with E-state index in [1.54, 1.807) is 35.6 Å². The van der Waals surface area contributed by atoms with Crippen LogP contribution in [0.25, 0.3) is 10.2 Å². The lowest BCUT2D eigenvalue weighted by Crippen LogP contribution is -3.14. The van der Waals surface area contributed by atoms with Crippen LogP contribution in [0.15, 0.2) is 54.6 Å². The van der Waals surface area contributed by atoms with Gasteiger partial charge in [-0.3, -0.25) is 20.4 Å². The molecule has 3 N–H and O–H groups in total. The summed E-state index contributed by atoms with van der Waals surface area (Å²) in [5, 5.41) is 1.16. The summed E-state index contributed by atoms with van der Waals surface area (Å²) in [4.78, 5) is 30.3. The summed E-state index contributed by atoms with van der Waals surface area (Å²) in [6.07, 6.45) is 2.18. The van der Waals surface area contributed by atoms with Crippen LogP contribution in [0.2, 0.25) is 0 Å². The first-order chi connectivity index (χ1) is 13.7. The highest BCUT2D eigenvalue weighted by atomic mass is 32.1. The molecular formula is C21H23N4O2S+. The van der Waals surface area contributed by atoms with Crippen LogP contribution in [-0.4, -0.2) is 36.4 Å². The van der Waals surface area contributed by atoms with Crippen molar-refractivity contribution in [1.29, 1.82) is 0 Å². The van der Waals surface area contributed by atoms with Crippen LogP contribution in [-0.2, 0) is 4.79 Å². The van der Waals surface area contributed by atoms with E-state index in [-0.39, 0.29) is 11.8 Å². The highest BCUT2D eigenvalue weighted by Crippen LogP contribution is 2.30. The molecule has 0 bridgehead atoms. The molecule has 7 heteroatoms. The number of quaternary nitrogens is 1. The maximum atomic E-state index is 12.3. The predicted octanol–water partition coefficient (Wildman–Crippen LogP) is 1.52. The summed E-state index contributed by atoms with van der Waals surface area (Å²) in [5.41, 5.74) is 6.59. The van der Waals surface area contributed by atoms with Gasteiger partial charge in [0.1, 0.15) is 5.01 Å². The number of piperidine rings is 1. The largest absolute Gasteiger partial charge is 0.327 e. The van der Waals surface area contributed by atoms with E-state index in [1.165, 1.54) is 9.60 Å². The number of hydrogen-bond acceptors (Lipinski definition) is 4. The molecule has 2 heterocycles. The Labute approximate surface area is 167 Å². The Kier molecular flexibility index (Phi) is 5.64. The van der Waals surface area contributed by atoms with Gasteiger partial charge in [-0.05, 0) is 37.1 Å². The van der Waals surface area contributed by atoms with E-state index in [9.17, 15) is 9.59 Å². The van der Waals surface area contributed by atoms with E-state index in [2.05, 4.69) is 16.9 Å². The van der Waals surface area contributed by atoms with Crippen LogP contribution in [0.4, 0.5) is 0 Å². The molecule has 2 atom stereocenters. The Hall–Kier alpha value is -2.77. The molecular weight excluding hydrogens is 372 g/mol.